The maximum Gasteiger partial charge on any atom is 0.411 e. The van der Waals surface area contributed by atoms with Gasteiger partial charge < -0.3 is 19.8 Å². The van der Waals surface area contributed by atoms with Crippen LogP contribution in [0.4, 0.5) is 13.2 Å². The zero-order valence-corrected chi connectivity index (χ0v) is 9.89. The molecule has 1 fully saturated rings. The summed E-state index contributed by atoms with van der Waals surface area (Å²) < 4.78 is 39.6. The normalized spacial score (nSPS) is 23.7. The van der Waals surface area contributed by atoms with Gasteiger partial charge in [0.1, 0.15) is 12.6 Å². The van der Waals surface area contributed by atoms with Crippen molar-refractivity contribution in [3.63, 3.8) is 0 Å². The summed E-state index contributed by atoms with van der Waals surface area (Å²) in [6.45, 7) is -2.03. The van der Waals surface area contributed by atoms with E-state index in [0.29, 0.717) is 0 Å². The minimum absolute atomic E-state index is 0.0789. The molecule has 0 aromatic carbocycles. The predicted octanol–water partition coefficient (Wildman–Crippen LogP) is 0.00180. The number of carbonyl (C=O) groups excluding carboxylic acids is 1. The molecule has 0 aromatic rings. The van der Waals surface area contributed by atoms with E-state index in [9.17, 15) is 27.9 Å². The van der Waals surface area contributed by atoms with Crippen molar-refractivity contribution in [3.8, 4) is 0 Å². The van der Waals surface area contributed by atoms with Crippen molar-refractivity contribution in [1.82, 2.24) is 4.90 Å². The van der Waals surface area contributed by atoms with Crippen LogP contribution in [0.5, 0.6) is 0 Å². The predicted molar refractivity (Wildman–Crippen MR) is 55.3 cm³/mol. The summed E-state index contributed by atoms with van der Waals surface area (Å²) in [4.78, 5) is 23.4. The third-order valence-electron chi connectivity index (χ3n) is 2.61. The van der Waals surface area contributed by atoms with Gasteiger partial charge in [0.25, 0.3) is 0 Å². The fraction of sp³-hybridized carbons (Fsp3) is 0.800. The number of ether oxygens (including phenoxy) is 1. The molecule has 0 aliphatic carbocycles. The Morgan fingerprint density at radius 1 is 1.37 bits per heavy atom. The fourth-order valence-electron chi connectivity index (χ4n) is 1.81. The van der Waals surface area contributed by atoms with Crippen molar-refractivity contribution < 1.29 is 37.7 Å². The number of alkyl halides is 3. The SMILES string of the molecule is O=C(O)C1CC(O)CN1C(=O)CCOCC(F)(F)F. The zero-order valence-electron chi connectivity index (χ0n) is 9.89. The average Bonchev–Trinajstić information content (AvgIpc) is 2.65. The fourth-order valence-corrected chi connectivity index (χ4v) is 1.81. The van der Waals surface area contributed by atoms with E-state index in [1.807, 2.05) is 0 Å². The Hall–Kier alpha value is -1.35. The van der Waals surface area contributed by atoms with E-state index in [1.165, 1.54) is 0 Å². The van der Waals surface area contributed by atoms with Gasteiger partial charge in [-0.2, -0.15) is 13.2 Å². The average molecular weight is 285 g/mol. The van der Waals surface area contributed by atoms with Crippen LogP contribution in [0.15, 0.2) is 0 Å². The quantitative estimate of drug-likeness (QED) is 0.694. The van der Waals surface area contributed by atoms with Gasteiger partial charge >= 0.3 is 12.1 Å². The zero-order chi connectivity index (χ0) is 14.6. The highest BCUT2D eigenvalue weighted by Crippen LogP contribution is 2.19. The molecular formula is C10H14F3NO5. The number of nitrogens with zero attached hydrogens (tertiary/aromatic N) is 1. The monoisotopic (exact) mass is 285 g/mol. The van der Waals surface area contributed by atoms with Crippen LogP contribution in [-0.2, 0) is 14.3 Å². The number of carbonyl (C=O) groups is 2. The molecule has 1 rings (SSSR count). The Balaban J connectivity index is 2.38. The molecule has 1 saturated heterocycles. The summed E-state index contributed by atoms with van der Waals surface area (Å²) in [5, 5.41) is 18.2. The highest BCUT2D eigenvalue weighted by atomic mass is 19.4. The molecular weight excluding hydrogens is 271 g/mol. The van der Waals surface area contributed by atoms with Gasteiger partial charge in [0.2, 0.25) is 5.91 Å². The van der Waals surface area contributed by atoms with Crippen LogP contribution in [0, 0.1) is 0 Å². The number of aliphatic hydroxyl groups excluding tert-OH is 1. The number of carboxylic acids is 1. The first-order chi connectivity index (χ1) is 8.70. The molecule has 1 aliphatic heterocycles. The minimum Gasteiger partial charge on any atom is -0.480 e. The second-order valence-electron chi connectivity index (χ2n) is 4.21. The third kappa shape index (κ3) is 5.03. The number of β-amino-alcohol motifs (C(OH)–C–C–N with tert-alkyl or cyclic N) is 1. The van der Waals surface area contributed by atoms with Gasteiger partial charge in [-0.05, 0) is 0 Å². The van der Waals surface area contributed by atoms with E-state index in [2.05, 4.69) is 4.74 Å². The third-order valence-corrected chi connectivity index (χ3v) is 2.61. The number of hydrogen-bond donors (Lipinski definition) is 2. The van der Waals surface area contributed by atoms with E-state index >= 15 is 0 Å². The molecule has 2 N–H and O–H groups in total. The molecule has 0 bridgehead atoms. The second-order valence-corrected chi connectivity index (χ2v) is 4.21. The molecule has 110 valence electrons. The van der Waals surface area contributed by atoms with E-state index < -0.39 is 43.4 Å². The van der Waals surface area contributed by atoms with Crippen LogP contribution in [0.2, 0.25) is 0 Å². The number of amides is 1. The maximum atomic E-state index is 11.8. The van der Waals surface area contributed by atoms with E-state index in [-0.39, 0.29) is 19.4 Å². The molecule has 0 aromatic heterocycles. The van der Waals surface area contributed by atoms with Gasteiger partial charge in [-0.1, -0.05) is 0 Å². The van der Waals surface area contributed by atoms with Gasteiger partial charge in [0, 0.05) is 13.0 Å². The largest absolute Gasteiger partial charge is 0.480 e. The van der Waals surface area contributed by atoms with Crippen molar-refractivity contribution in [2.75, 3.05) is 19.8 Å². The highest BCUT2D eigenvalue weighted by Gasteiger charge is 2.38. The van der Waals surface area contributed by atoms with Gasteiger partial charge in [-0.3, -0.25) is 4.79 Å². The van der Waals surface area contributed by atoms with Crippen molar-refractivity contribution in [3.05, 3.63) is 0 Å². The first-order valence-electron chi connectivity index (χ1n) is 5.55. The lowest BCUT2D eigenvalue weighted by molar-refractivity contribution is -0.175. The van der Waals surface area contributed by atoms with Crippen LogP contribution in [0.3, 0.4) is 0 Å². The highest BCUT2D eigenvalue weighted by molar-refractivity contribution is 5.84. The summed E-state index contributed by atoms with van der Waals surface area (Å²) in [5.41, 5.74) is 0. The van der Waals surface area contributed by atoms with Gasteiger partial charge in [-0.15, -0.1) is 0 Å². The van der Waals surface area contributed by atoms with Gasteiger partial charge in [-0.25, -0.2) is 4.79 Å². The number of aliphatic hydroxyl groups is 1. The summed E-state index contributed by atoms with van der Waals surface area (Å²) in [7, 11) is 0. The number of aliphatic carboxylic acids is 1. The maximum absolute atomic E-state index is 11.8. The van der Waals surface area contributed by atoms with E-state index in [4.69, 9.17) is 5.11 Å². The molecule has 2 unspecified atom stereocenters. The lowest BCUT2D eigenvalue weighted by Crippen LogP contribution is -2.41. The molecule has 9 heteroatoms. The lowest BCUT2D eigenvalue weighted by Gasteiger charge is -2.21. The van der Waals surface area contributed by atoms with E-state index in [0.717, 1.165) is 4.90 Å². The molecule has 0 spiro atoms. The Bertz CT molecular complexity index is 347. The topological polar surface area (TPSA) is 87.1 Å². The molecule has 0 radical (unpaired) electrons. The van der Waals surface area contributed by atoms with Crippen molar-refractivity contribution in [2.24, 2.45) is 0 Å². The lowest BCUT2D eigenvalue weighted by atomic mass is 10.2. The second kappa shape index (κ2) is 6.20. The van der Waals surface area contributed by atoms with Gasteiger partial charge in [0.15, 0.2) is 0 Å². The number of likely N-dealkylation sites (tertiary alicyclic amines) is 1. The first-order valence-corrected chi connectivity index (χ1v) is 5.55. The summed E-state index contributed by atoms with van der Waals surface area (Å²) in [5.74, 6) is -1.90. The van der Waals surface area contributed by atoms with Crippen molar-refractivity contribution in [1.29, 1.82) is 0 Å². The number of halogens is 3. The molecule has 6 nitrogen and oxygen atoms in total. The number of rotatable bonds is 5. The molecule has 0 saturated carbocycles. The summed E-state index contributed by atoms with van der Waals surface area (Å²) >= 11 is 0. The van der Waals surface area contributed by atoms with Crippen LogP contribution >= 0.6 is 0 Å². The van der Waals surface area contributed by atoms with Crippen LogP contribution in [0.1, 0.15) is 12.8 Å². The van der Waals surface area contributed by atoms with Crippen molar-refractivity contribution >= 4 is 11.9 Å². The van der Waals surface area contributed by atoms with Crippen LogP contribution in [-0.4, -0.2) is 65.1 Å². The molecule has 1 amide bonds. The minimum atomic E-state index is -4.46. The Kier molecular flexibility index (Phi) is 5.12. The Morgan fingerprint density at radius 2 is 2.00 bits per heavy atom. The summed E-state index contributed by atoms with van der Waals surface area (Å²) in [6.07, 6.45) is -5.82. The Labute approximate surface area is 106 Å². The molecule has 1 heterocycles. The first kappa shape index (κ1) is 15.7. The summed E-state index contributed by atoms with van der Waals surface area (Å²) in [6, 6.07) is -1.13. The number of carboxylic acid groups (broad SMARTS) is 1. The number of hydrogen-bond acceptors (Lipinski definition) is 4. The standard InChI is InChI=1S/C10H14F3NO5/c11-10(12,13)5-19-2-1-8(16)14-4-6(15)3-7(14)9(17)18/h6-7,15H,1-5H2,(H,17,18). The smallest absolute Gasteiger partial charge is 0.411 e. The van der Waals surface area contributed by atoms with Crippen molar-refractivity contribution in [2.45, 2.75) is 31.2 Å². The molecule has 19 heavy (non-hydrogen) atoms. The molecule has 2 atom stereocenters. The van der Waals surface area contributed by atoms with Crippen LogP contribution in [0.25, 0.3) is 0 Å². The van der Waals surface area contributed by atoms with E-state index in [1.54, 1.807) is 0 Å². The Morgan fingerprint density at radius 3 is 2.53 bits per heavy atom. The molecule has 1 aliphatic rings. The van der Waals surface area contributed by atoms with Gasteiger partial charge in [0.05, 0.1) is 19.1 Å². The van der Waals surface area contributed by atoms with Crippen LogP contribution < -0.4 is 0 Å².